The fourth-order valence-corrected chi connectivity index (χ4v) is 3.43. The summed E-state index contributed by atoms with van der Waals surface area (Å²) in [4.78, 5) is 6.82. The number of hydrogen-bond donors (Lipinski definition) is 0. The predicted octanol–water partition coefficient (Wildman–Crippen LogP) is 4.22. The molecule has 1 atom stereocenters. The summed E-state index contributed by atoms with van der Waals surface area (Å²) in [5.41, 5.74) is 3.90. The number of thiophene rings is 1. The molecule has 3 aromatic rings. The van der Waals surface area contributed by atoms with E-state index in [1.165, 1.54) is 16.7 Å². The zero-order valence-corrected chi connectivity index (χ0v) is 14.0. The Hall–Kier alpha value is -1.91. The summed E-state index contributed by atoms with van der Waals surface area (Å²) in [6.45, 7) is 3.07. The smallest absolute Gasteiger partial charge is 0.140 e. The molecule has 22 heavy (non-hydrogen) atoms. The van der Waals surface area contributed by atoms with E-state index in [4.69, 9.17) is 0 Å². The Morgan fingerprint density at radius 3 is 2.73 bits per heavy atom. The third kappa shape index (κ3) is 2.98. The molecule has 0 N–H and O–H groups in total. The van der Waals surface area contributed by atoms with Crippen molar-refractivity contribution in [2.45, 2.75) is 19.5 Å². The molecule has 0 amide bonds. The minimum absolute atomic E-state index is 0.327. The minimum atomic E-state index is 0.327. The summed E-state index contributed by atoms with van der Waals surface area (Å²) >= 11 is 1.71. The van der Waals surface area contributed by atoms with Gasteiger partial charge in [-0.2, -0.15) is 11.3 Å². The van der Waals surface area contributed by atoms with Gasteiger partial charge in [-0.3, -0.25) is 0 Å². The molecule has 4 heteroatoms. The first-order chi connectivity index (χ1) is 10.7. The molecule has 0 aliphatic carbocycles. The Morgan fingerprint density at radius 2 is 2.05 bits per heavy atom. The van der Waals surface area contributed by atoms with Gasteiger partial charge in [0.1, 0.15) is 5.82 Å². The van der Waals surface area contributed by atoms with E-state index < -0.39 is 0 Å². The van der Waals surface area contributed by atoms with Crippen molar-refractivity contribution in [2.24, 2.45) is 0 Å². The maximum Gasteiger partial charge on any atom is 0.140 e. The zero-order valence-electron chi connectivity index (χ0n) is 13.2. The van der Waals surface area contributed by atoms with E-state index in [1.54, 1.807) is 11.3 Å². The molecule has 0 saturated heterocycles. The average molecular weight is 311 g/mol. The molecule has 0 radical (unpaired) electrons. The molecule has 0 bridgehead atoms. The Bertz CT molecular complexity index is 728. The van der Waals surface area contributed by atoms with Crippen LogP contribution in [0, 0.1) is 6.92 Å². The lowest BCUT2D eigenvalue weighted by Gasteiger charge is -2.27. The molecule has 0 fully saturated rings. The van der Waals surface area contributed by atoms with E-state index >= 15 is 0 Å². The van der Waals surface area contributed by atoms with Crippen molar-refractivity contribution in [2.75, 3.05) is 14.1 Å². The van der Waals surface area contributed by atoms with Gasteiger partial charge in [0.05, 0.1) is 6.04 Å². The first-order valence-electron chi connectivity index (χ1n) is 7.42. The van der Waals surface area contributed by atoms with Gasteiger partial charge in [0.15, 0.2) is 0 Å². The van der Waals surface area contributed by atoms with Crippen molar-refractivity contribution in [3.63, 3.8) is 0 Å². The molecule has 114 valence electrons. The van der Waals surface area contributed by atoms with Gasteiger partial charge in [-0.25, -0.2) is 4.98 Å². The molecular weight excluding hydrogens is 290 g/mol. The van der Waals surface area contributed by atoms with Crippen LogP contribution in [0.3, 0.4) is 0 Å². The average Bonchev–Trinajstić information content (AvgIpc) is 3.16. The van der Waals surface area contributed by atoms with Gasteiger partial charge in [-0.1, -0.05) is 24.3 Å². The Labute approximate surface area is 135 Å². The van der Waals surface area contributed by atoms with Gasteiger partial charge in [-0.05, 0) is 43.6 Å². The molecule has 2 aromatic heterocycles. The summed E-state index contributed by atoms with van der Waals surface area (Å²) in [7, 11) is 4.27. The van der Waals surface area contributed by atoms with Gasteiger partial charge in [-0.15, -0.1) is 0 Å². The number of hydrogen-bond acceptors (Lipinski definition) is 3. The van der Waals surface area contributed by atoms with Crippen molar-refractivity contribution in [3.05, 3.63) is 64.6 Å². The van der Waals surface area contributed by atoms with Crippen molar-refractivity contribution < 1.29 is 0 Å². The highest BCUT2D eigenvalue weighted by atomic mass is 32.1. The number of nitrogens with zero attached hydrogens (tertiary/aromatic N) is 3. The summed E-state index contributed by atoms with van der Waals surface area (Å²) in [5.74, 6) is 1.04. The first kappa shape index (κ1) is 15.0. The number of aromatic nitrogens is 2. The third-order valence-electron chi connectivity index (χ3n) is 4.04. The van der Waals surface area contributed by atoms with Crippen LogP contribution in [0.5, 0.6) is 0 Å². The summed E-state index contributed by atoms with van der Waals surface area (Å²) in [5, 5.41) is 4.25. The van der Waals surface area contributed by atoms with Crippen LogP contribution in [0.2, 0.25) is 0 Å². The molecule has 0 aliphatic rings. The molecule has 1 aromatic carbocycles. The second-order valence-corrected chi connectivity index (χ2v) is 6.53. The lowest BCUT2D eigenvalue weighted by atomic mass is 10.0. The van der Waals surface area contributed by atoms with E-state index in [1.807, 2.05) is 6.20 Å². The lowest BCUT2D eigenvalue weighted by Crippen LogP contribution is -2.25. The zero-order chi connectivity index (χ0) is 15.5. The quantitative estimate of drug-likeness (QED) is 0.703. The monoisotopic (exact) mass is 311 g/mol. The van der Waals surface area contributed by atoms with Gasteiger partial charge < -0.3 is 9.47 Å². The van der Waals surface area contributed by atoms with E-state index in [2.05, 4.69) is 82.8 Å². The summed E-state index contributed by atoms with van der Waals surface area (Å²) in [6.07, 6.45) is 3.96. The van der Waals surface area contributed by atoms with Gasteiger partial charge in [0.25, 0.3) is 0 Å². The summed E-state index contributed by atoms with van der Waals surface area (Å²) in [6, 6.07) is 11.1. The van der Waals surface area contributed by atoms with Crippen LogP contribution >= 0.6 is 11.3 Å². The van der Waals surface area contributed by atoms with Crippen molar-refractivity contribution >= 4 is 11.3 Å². The maximum atomic E-state index is 4.54. The molecule has 2 heterocycles. The maximum absolute atomic E-state index is 4.54. The molecule has 3 rings (SSSR count). The van der Waals surface area contributed by atoms with Crippen LogP contribution < -0.4 is 0 Å². The number of aryl methyl sites for hydroxylation is 1. The van der Waals surface area contributed by atoms with Crippen LogP contribution in [0.4, 0.5) is 0 Å². The van der Waals surface area contributed by atoms with E-state index in [0.29, 0.717) is 6.04 Å². The highest BCUT2D eigenvalue weighted by Crippen LogP contribution is 2.27. The fraction of sp³-hybridized carbons (Fsp3) is 0.278. The number of benzene rings is 1. The van der Waals surface area contributed by atoms with E-state index in [0.717, 1.165) is 12.4 Å². The first-order valence-corrected chi connectivity index (χ1v) is 8.36. The lowest BCUT2D eigenvalue weighted by molar-refractivity contribution is 0.269. The normalized spacial score (nSPS) is 12.7. The third-order valence-corrected chi connectivity index (χ3v) is 4.72. The van der Waals surface area contributed by atoms with Gasteiger partial charge in [0, 0.05) is 29.9 Å². The van der Waals surface area contributed by atoms with Crippen LogP contribution in [0.15, 0.2) is 53.5 Å². The van der Waals surface area contributed by atoms with Crippen molar-refractivity contribution in [1.29, 1.82) is 0 Å². The van der Waals surface area contributed by atoms with E-state index in [-0.39, 0.29) is 0 Å². The fourth-order valence-electron chi connectivity index (χ4n) is 2.80. The molecule has 1 unspecified atom stereocenters. The molecule has 0 saturated carbocycles. The van der Waals surface area contributed by atoms with Gasteiger partial charge in [0.2, 0.25) is 0 Å². The Kier molecular flexibility index (Phi) is 4.41. The molecule has 3 nitrogen and oxygen atoms in total. The van der Waals surface area contributed by atoms with Crippen LogP contribution in [0.25, 0.3) is 11.4 Å². The second-order valence-electron chi connectivity index (χ2n) is 5.75. The Morgan fingerprint density at radius 1 is 1.23 bits per heavy atom. The highest BCUT2D eigenvalue weighted by Gasteiger charge is 2.18. The highest BCUT2D eigenvalue weighted by molar-refractivity contribution is 7.08. The number of likely N-dealkylation sites (N-methyl/N-ethyl adjacent to an activating group) is 1. The number of rotatable bonds is 5. The van der Waals surface area contributed by atoms with Gasteiger partial charge >= 0.3 is 0 Å². The second kappa shape index (κ2) is 6.46. The predicted molar refractivity (Wildman–Crippen MR) is 93.1 cm³/mol. The van der Waals surface area contributed by atoms with Crippen LogP contribution in [0.1, 0.15) is 17.2 Å². The van der Waals surface area contributed by atoms with Crippen LogP contribution in [-0.2, 0) is 6.54 Å². The SMILES string of the molecule is Cc1ccccc1C(Cn1ccnc1-c1ccsc1)N(C)C. The van der Waals surface area contributed by atoms with E-state index in [9.17, 15) is 0 Å². The summed E-state index contributed by atoms with van der Waals surface area (Å²) < 4.78 is 2.25. The largest absolute Gasteiger partial charge is 0.329 e. The van der Waals surface area contributed by atoms with Crippen molar-refractivity contribution in [3.8, 4) is 11.4 Å². The molecule has 0 aliphatic heterocycles. The Balaban J connectivity index is 1.93. The van der Waals surface area contributed by atoms with Crippen molar-refractivity contribution in [1.82, 2.24) is 14.5 Å². The molecule has 0 spiro atoms. The minimum Gasteiger partial charge on any atom is -0.329 e. The molecular formula is C18H21N3S. The number of imidazole rings is 1. The van der Waals surface area contributed by atoms with Crippen LogP contribution in [-0.4, -0.2) is 28.5 Å². The standard InChI is InChI=1S/C18H21N3S/c1-14-6-4-5-7-16(14)17(20(2)3)12-21-10-9-19-18(21)15-8-11-22-13-15/h4-11,13,17H,12H2,1-3H3. The topological polar surface area (TPSA) is 21.1 Å².